The van der Waals surface area contributed by atoms with Gasteiger partial charge < -0.3 is 19.8 Å². The van der Waals surface area contributed by atoms with Crippen molar-refractivity contribution < 1.29 is 34.2 Å². The van der Waals surface area contributed by atoms with Crippen LogP contribution in [0.2, 0.25) is 0 Å². The third-order valence-corrected chi connectivity index (χ3v) is 4.89. The number of unbranched alkanes of at least 4 members (excludes halogenated alkanes) is 7. The molecule has 0 spiro atoms. The molecule has 0 amide bonds. The van der Waals surface area contributed by atoms with Crippen molar-refractivity contribution in [3.8, 4) is 0 Å². The van der Waals surface area contributed by atoms with E-state index in [-0.39, 0.29) is 43.4 Å². The number of carboxylic acids is 3. The quantitative estimate of drug-likeness (QED) is 0.250. The molecule has 0 aliphatic carbocycles. The van der Waals surface area contributed by atoms with Gasteiger partial charge in [0, 0.05) is 0 Å². The van der Waals surface area contributed by atoms with Crippen LogP contribution >= 0.6 is 0 Å². The van der Waals surface area contributed by atoms with Crippen molar-refractivity contribution >= 4 is 17.9 Å². The first-order chi connectivity index (χ1) is 12.3. The van der Waals surface area contributed by atoms with E-state index in [9.17, 15) is 14.4 Å². The fourth-order valence-corrected chi connectivity index (χ4v) is 3.25. The molecule has 3 N–H and O–H groups in total. The predicted octanol–water partition coefficient (Wildman–Crippen LogP) is 3.37. The molecule has 0 atom stereocenters. The topological polar surface area (TPSA) is 112 Å². The van der Waals surface area contributed by atoms with Gasteiger partial charge in [0.05, 0.1) is 45.4 Å². The fraction of sp³-hybridized carbons (Fsp3) is 0.842. The maximum Gasteiger partial charge on any atom is 0.309 e. The molecule has 0 aromatic carbocycles. The van der Waals surface area contributed by atoms with E-state index in [2.05, 4.69) is 6.92 Å². The summed E-state index contributed by atoms with van der Waals surface area (Å²) in [6.07, 6.45) is 8.92. The van der Waals surface area contributed by atoms with Gasteiger partial charge in [-0.1, -0.05) is 45.4 Å². The minimum absolute atomic E-state index is 0.0732. The van der Waals surface area contributed by atoms with Crippen LogP contribution in [0.15, 0.2) is 0 Å². The molecule has 7 nitrogen and oxygen atoms in total. The van der Waals surface area contributed by atoms with E-state index < -0.39 is 17.9 Å². The molecule has 0 radical (unpaired) electrons. The maximum atomic E-state index is 11.0. The Morgan fingerprint density at radius 2 is 0.923 bits per heavy atom. The van der Waals surface area contributed by atoms with E-state index in [1.54, 1.807) is 0 Å². The zero-order valence-electron chi connectivity index (χ0n) is 16.1. The second-order valence-corrected chi connectivity index (χ2v) is 7.14. The Labute approximate surface area is 156 Å². The molecule has 0 heterocycles. The number of hydrogen-bond acceptors (Lipinski definition) is 3. The van der Waals surface area contributed by atoms with Crippen LogP contribution in [0.3, 0.4) is 0 Å². The van der Waals surface area contributed by atoms with Gasteiger partial charge in [-0.15, -0.1) is 0 Å². The smallest absolute Gasteiger partial charge is 0.309 e. The summed E-state index contributed by atoms with van der Waals surface area (Å²) in [6.45, 7) is 3.68. The minimum atomic E-state index is -0.936. The Kier molecular flexibility index (Phi) is 13.6. The number of aliphatic carboxylic acids is 3. The summed E-state index contributed by atoms with van der Waals surface area (Å²) in [5.41, 5.74) is 0. The molecule has 0 aromatic rings. The average molecular weight is 374 g/mol. The Hall–Kier alpha value is -1.63. The number of hydrogen-bond donors (Lipinski definition) is 3. The number of rotatable bonds is 18. The van der Waals surface area contributed by atoms with E-state index >= 15 is 0 Å². The molecule has 0 aliphatic rings. The molecule has 152 valence electrons. The first-order valence-electron chi connectivity index (χ1n) is 9.82. The molecule has 7 heteroatoms. The van der Waals surface area contributed by atoms with Crippen molar-refractivity contribution in [3.05, 3.63) is 0 Å². The SMILES string of the molecule is CCCCCCCCCC[N+](CCC(=O)O)(CCC(=O)O)CCC(=O)O. The van der Waals surface area contributed by atoms with Crippen LogP contribution in [0, 0.1) is 0 Å². The van der Waals surface area contributed by atoms with Crippen molar-refractivity contribution in [2.24, 2.45) is 0 Å². The molecule has 0 saturated heterocycles. The van der Waals surface area contributed by atoms with Crippen LogP contribution in [0.4, 0.5) is 0 Å². The Balaban J connectivity index is 4.60. The first kappa shape index (κ1) is 24.4. The van der Waals surface area contributed by atoms with Gasteiger partial charge in [-0.2, -0.15) is 0 Å². The highest BCUT2D eigenvalue weighted by molar-refractivity contribution is 5.67. The molecular formula is C19H36NO6+. The van der Waals surface area contributed by atoms with E-state index in [4.69, 9.17) is 15.3 Å². The Morgan fingerprint density at radius 1 is 0.577 bits per heavy atom. The molecule has 0 fully saturated rings. The lowest BCUT2D eigenvalue weighted by Crippen LogP contribution is -2.52. The van der Waals surface area contributed by atoms with E-state index in [1.165, 1.54) is 32.1 Å². The van der Waals surface area contributed by atoms with Crippen LogP contribution in [-0.4, -0.2) is 63.9 Å². The number of carboxylic acid groups (broad SMARTS) is 3. The summed E-state index contributed by atoms with van der Waals surface area (Å²) in [6, 6.07) is 0. The number of quaternary nitrogens is 1. The van der Waals surface area contributed by atoms with Crippen LogP contribution in [0.1, 0.15) is 77.6 Å². The van der Waals surface area contributed by atoms with Crippen molar-refractivity contribution in [2.45, 2.75) is 77.6 Å². The van der Waals surface area contributed by atoms with E-state index in [0.29, 0.717) is 6.54 Å². The first-order valence-corrected chi connectivity index (χ1v) is 9.82. The summed E-state index contributed by atoms with van der Waals surface area (Å²) in [4.78, 5) is 32.9. The van der Waals surface area contributed by atoms with Gasteiger partial charge in [0.25, 0.3) is 0 Å². The highest BCUT2D eigenvalue weighted by atomic mass is 16.4. The van der Waals surface area contributed by atoms with Gasteiger partial charge in [0.2, 0.25) is 0 Å². The average Bonchev–Trinajstić information content (AvgIpc) is 2.57. The van der Waals surface area contributed by atoms with Crippen molar-refractivity contribution in [1.82, 2.24) is 0 Å². The monoisotopic (exact) mass is 374 g/mol. The maximum absolute atomic E-state index is 11.0. The molecule has 0 bridgehead atoms. The molecule has 0 saturated carbocycles. The molecule has 0 rings (SSSR count). The standard InChI is InChI=1S/C19H35NO6/c1-2-3-4-5-6-7-8-9-13-20(14-10-17(21)22,15-11-18(23)24)16-12-19(25)26/h2-16H2,1H3,(H2-,21,22,23,24,25,26)/p+1. The molecule has 0 aromatic heterocycles. The summed E-state index contributed by atoms with van der Waals surface area (Å²) in [5.74, 6) is -2.81. The zero-order valence-corrected chi connectivity index (χ0v) is 16.1. The predicted molar refractivity (Wildman–Crippen MR) is 99.1 cm³/mol. The molecule has 0 unspecified atom stereocenters. The van der Waals surface area contributed by atoms with Gasteiger partial charge in [0.15, 0.2) is 0 Å². The zero-order chi connectivity index (χ0) is 19.8. The van der Waals surface area contributed by atoms with Gasteiger partial charge in [-0.3, -0.25) is 14.4 Å². The van der Waals surface area contributed by atoms with Crippen LogP contribution in [-0.2, 0) is 14.4 Å². The van der Waals surface area contributed by atoms with Gasteiger partial charge in [0.1, 0.15) is 0 Å². The Bertz CT molecular complexity index is 379. The molecule has 26 heavy (non-hydrogen) atoms. The second-order valence-electron chi connectivity index (χ2n) is 7.14. The minimum Gasteiger partial charge on any atom is -0.481 e. The Morgan fingerprint density at radius 3 is 1.27 bits per heavy atom. The van der Waals surface area contributed by atoms with Crippen molar-refractivity contribution in [2.75, 3.05) is 26.2 Å². The molecule has 0 aliphatic heterocycles. The van der Waals surface area contributed by atoms with Gasteiger partial charge >= 0.3 is 17.9 Å². The fourth-order valence-electron chi connectivity index (χ4n) is 3.25. The van der Waals surface area contributed by atoms with Crippen molar-refractivity contribution in [1.29, 1.82) is 0 Å². The van der Waals surface area contributed by atoms with Gasteiger partial charge in [-0.05, 0) is 12.8 Å². The summed E-state index contributed by atoms with van der Waals surface area (Å²) >= 11 is 0. The van der Waals surface area contributed by atoms with E-state index in [0.717, 1.165) is 19.3 Å². The lowest BCUT2D eigenvalue weighted by molar-refractivity contribution is -0.927. The summed E-state index contributed by atoms with van der Waals surface area (Å²) in [7, 11) is 0. The third-order valence-electron chi connectivity index (χ3n) is 4.89. The number of carbonyl (C=O) groups is 3. The van der Waals surface area contributed by atoms with E-state index in [1.807, 2.05) is 0 Å². The largest absolute Gasteiger partial charge is 0.481 e. The number of nitrogens with zero attached hydrogens (tertiary/aromatic N) is 1. The van der Waals surface area contributed by atoms with Gasteiger partial charge in [-0.25, -0.2) is 0 Å². The van der Waals surface area contributed by atoms with Crippen LogP contribution in [0.25, 0.3) is 0 Å². The lowest BCUT2D eigenvalue weighted by atomic mass is 10.1. The lowest BCUT2D eigenvalue weighted by Gasteiger charge is -2.38. The summed E-state index contributed by atoms with van der Waals surface area (Å²) < 4.78 is 0.265. The molecular weight excluding hydrogens is 338 g/mol. The van der Waals surface area contributed by atoms with Crippen LogP contribution < -0.4 is 0 Å². The van der Waals surface area contributed by atoms with Crippen LogP contribution in [0.5, 0.6) is 0 Å². The highest BCUT2D eigenvalue weighted by Crippen LogP contribution is 2.16. The van der Waals surface area contributed by atoms with Crippen molar-refractivity contribution in [3.63, 3.8) is 0 Å². The highest BCUT2D eigenvalue weighted by Gasteiger charge is 2.29. The normalized spacial score (nSPS) is 11.4. The third kappa shape index (κ3) is 13.6. The second kappa shape index (κ2) is 14.5. The summed E-state index contributed by atoms with van der Waals surface area (Å²) in [5, 5.41) is 27.0.